The van der Waals surface area contributed by atoms with E-state index in [1.807, 2.05) is 12.1 Å². The molecule has 1 aliphatic rings. The van der Waals surface area contributed by atoms with Gasteiger partial charge in [0, 0.05) is 33.3 Å². The van der Waals surface area contributed by atoms with Crippen molar-refractivity contribution >= 4 is 38.9 Å². The molecule has 1 N–H and O–H groups in total. The Bertz CT molecular complexity index is 2670. The third-order valence-corrected chi connectivity index (χ3v) is 10.5. The Morgan fingerprint density at radius 3 is 1.65 bits per heavy atom. The minimum atomic E-state index is -0.673. The largest absolute Gasteiger partial charge is 0.384 e. The Labute approximate surface area is 302 Å². The van der Waals surface area contributed by atoms with E-state index in [1.165, 1.54) is 21.8 Å². The number of para-hydroxylation sites is 5. The fraction of sp³-hybridized carbons (Fsp3) is 0.0204. The molecule has 1 heterocycles. The van der Waals surface area contributed by atoms with Crippen LogP contribution in [-0.2, 0) is 0 Å². The molecule has 1 atom stereocenters. The molecule has 0 saturated heterocycles. The highest BCUT2D eigenvalue weighted by atomic mass is 16.3. The minimum absolute atomic E-state index is 0.673. The van der Waals surface area contributed by atoms with Crippen molar-refractivity contribution in [1.82, 2.24) is 4.57 Å². The van der Waals surface area contributed by atoms with Gasteiger partial charge in [-0.1, -0.05) is 140 Å². The topological polar surface area (TPSA) is 28.4 Å². The Morgan fingerprint density at radius 1 is 0.423 bits per heavy atom. The summed E-state index contributed by atoms with van der Waals surface area (Å²) in [6.45, 7) is 0. The normalized spacial score (nSPS) is 13.3. The number of aliphatic hydroxyl groups excluding tert-OH is 1. The fourth-order valence-corrected chi connectivity index (χ4v) is 8.24. The van der Waals surface area contributed by atoms with Gasteiger partial charge in [0.15, 0.2) is 0 Å². The van der Waals surface area contributed by atoms with Gasteiger partial charge in [0.2, 0.25) is 0 Å². The molecule has 9 aromatic rings. The van der Waals surface area contributed by atoms with Crippen molar-refractivity contribution in [2.75, 3.05) is 4.90 Å². The monoisotopic (exact) mass is 666 g/mol. The first kappa shape index (κ1) is 30.2. The maximum Gasteiger partial charge on any atom is 0.105 e. The van der Waals surface area contributed by atoms with Crippen LogP contribution < -0.4 is 4.90 Å². The molecule has 3 nitrogen and oxygen atoms in total. The third kappa shape index (κ3) is 4.71. The molecule has 246 valence electrons. The standard InChI is InChI=1S/C49H34N2O/c52-49-41-24-8-7-23-39(41)48-40(25-15-26-42(48)49)43-32-33(30-31-47(43)50(34-16-3-1-4-17-34)35-18-5-2-6-19-35)36-20-9-12-27-44(36)51-45-28-13-10-21-37(45)38-22-11-14-29-46(38)51/h1-32,49,52H/t49-/m0/s1. The van der Waals surface area contributed by atoms with Crippen molar-refractivity contribution < 1.29 is 5.11 Å². The number of aromatic nitrogens is 1. The fourth-order valence-electron chi connectivity index (χ4n) is 8.24. The lowest BCUT2D eigenvalue weighted by atomic mass is 9.90. The van der Waals surface area contributed by atoms with Crippen LogP contribution in [0.2, 0.25) is 0 Å². The number of nitrogens with zero attached hydrogens (tertiary/aromatic N) is 2. The molecule has 0 fully saturated rings. The summed E-state index contributed by atoms with van der Waals surface area (Å²) in [7, 11) is 0. The first-order chi connectivity index (χ1) is 25.8. The van der Waals surface area contributed by atoms with Gasteiger partial charge in [-0.15, -0.1) is 0 Å². The molecule has 8 aromatic carbocycles. The molecule has 1 aliphatic carbocycles. The molecule has 0 spiro atoms. The van der Waals surface area contributed by atoms with Gasteiger partial charge in [-0.2, -0.15) is 0 Å². The quantitative estimate of drug-likeness (QED) is 0.191. The summed E-state index contributed by atoms with van der Waals surface area (Å²) in [5, 5.41) is 14.1. The summed E-state index contributed by atoms with van der Waals surface area (Å²) < 4.78 is 2.40. The van der Waals surface area contributed by atoms with E-state index in [9.17, 15) is 5.11 Å². The third-order valence-electron chi connectivity index (χ3n) is 10.5. The predicted octanol–water partition coefficient (Wildman–Crippen LogP) is 12.6. The second-order valence-corrected chi connectivity index (χ2v) is 13.4. The molecule has 0 radical (unpaired) electrons. The SMILES string of the molecule is O[C@H]1c2ccccc2-c2c(-c3cc(-c4ccccc4-n4c5ccccc5c5ccccc54)ccc3N(c3ccccc3)c3ccccc3)cccc21. The molecule has 0 unspecified atom stereocenters. The van der Waals surface area contributed by atoms with E-state index in [4.69, 9.17) is 0 Å². The lowest BCUT2D eigenvalue weighted by molar-refractivity contribution is 0.225. The van der Waals surface area contributed by atoms with Gasteiger partial charge in [-0.05, 0) is 88.0 Å². The number of fused-ring (bicyclic) bond motifs is 6. The lowest BCUT2D eigenvalue weighted by Crippen LogP contribution is -2.11. The van der Waals surface area contributed by atoms with Crippen LogP contribution in [0.1, 0.15) is 17.2 Å². The van der Waals surface area contributed by atoms with Crippen LogP contribution in [0.4, 0.5) is 17.1 Å². The lowest BCUT2D eigenvalue weighted by Gasteiger charge is -2.29. The van der Waals surface area contributed by atoms with Gasteiger partial charge < -0.3 is 14.6 Å². The van der Waals surface area contributed by atoms with Crippen LogP contribution in [0.3, 0.4) is 0 Å². The van der Waals surface area contributed by atoms with Crippen LogP contribution in [0, 0.1) is 0 Å². The molecule has 0 amide bonds. The summed E-state index contributed by atoms with van der Waals surface area (Å²) >= 11 is 0. The first-order valence-electron chi connectivity index (χ1n) is 17.8. The van der Waals surface area contributed by atoms with Crippen LogP contribution in [0.25, 0.3) is 60.9 Å². The van der Waals surface area contributed by atoms with Crippen molar-refractivity contribution in [2.24, 2.45) is 0 Å². The summed E-state index contributed by atoms with van der Waals surface area (Å²) in [5.74, 6) is 0. The van der Waals surface area contributed by atoms with E-state index in [0.717, 1.165) is 67.3 Å². The van der Waals surface area contributed by atoms with E-state index >= 15 is 0 Å². The van der Waals surface area contributed by atoms with Gasteiger partial charge in [0.25, 0.3) is 0 Å². The van der Waals surface area contributed by atoms with E-state index in [-0.39, 0.29) is 0 Å². The average molecular weight is 667 g/mol. The predicted molar refractivity (Wildman–Crippen MR) is 216 cm³/mol. The van der Waals surface area contributed by atoms with Crippen LogP contribution in [0.15, 0.2) is 194 Å². The smallest absolute Gasteiger partial charge is 0.105 e. The number of aliphatic hydroxyl groups is 1. The average Bonchev–Trinajstić information content (AvgIpc) is 3.71. The summed E-state index contributed by atoms with van der Waals surface area (Å²) in [6, 6.07) is 68.7. The van der Waals surface area contributed by atoms with Gasteiger partial charge >= 0.3 is 0 Å². The van der Waals surface area contributed by atoms with Crippen molar-refractivity contribution in [3.8, 4) is 39.1 Å². The van der Waals surface area contributed by atoms with E-state index in [2.05, 4.69) is 191 Å². The van der Waals surface area contributed by atoms with Crippen LogP contribution in [-0.4, -0.2) is 9.67 Å². The maximum atomic E-state index is 11.6. The van der Waals surface area contributed by atoms with Crippen LogP contribution in [0.5, 0.6) is 0 Å². The molecular formula is C49H34N2O. The van der Waals surface area contributed by atoms with Gasteiger partial charge in [-0.25, -0.2) is 0 Å². The second-order valence-electron chi connectivity index (χ2n) is 13.4. The zero-order chi connectivity index (χ0) is 34.6. The van der Waals surface area contributed by atoms with E-state index < -0.39 is 6.10 Å². The van der Waals surface area contributed by atoms with E-state index in [1.54, 1.807) is 0 Å². The maximum absolute atomic E-state index is 11.6. The molecule has 10 rings (SSSR count). The number of hydrogen-bond donors (Lipinski definition) is 1. The molecule has 52 heavy (non-hydrogen) atoms. The Kier molecular flexibility index (Phi) is 7.12. The molecular weight excluding hydrogens is 633 g/mol. The Balaban J connectivity index is 1.27. The summed E-state index contributed by atoms with van der Waals surface area (Å²) in [4.78, 5) is 2.34. The number of hydrogen-bond acceptors (Lipinski definition) is 2. The zero-order valence-electron chi connectivity index (χ0n) is 28.4. The van der Waals surface area contributed by atoms with Crippen molar-refractivity contribution in [3.63, 3.8) is 0 Å². The molecule has 1 aromatic heterocycles. The summed E-state index contributed by atoms with van der Waals surface area (Å²) in [5.41, 5.74) is 15.2. The number of benzene rings is 8. The number of rotatable bonds is 6. The summed E-state index contributed by atoms with van der Waals surface area (Å²) in [6.07, 6.45) is -0.673. The minimum Gasteiger partial charge on any atom is -0.384 e. The van der Waals surface area contributed by atoms with Crippen molar-refractivity contribution in [1.29, 1.82) is 0 Å². The van der Waals surface area contributed by atoms with Crippen LogP contribution >= 0.6 is 0 Å². The highest BCUT2D eigenvalue weighted by Crippen LogP contribution is 2.51. The number of anilines is 3. The first-order valence-corrected chi connectivity index (χ1v) is 17.8. The molecule has 0 saturated carbocycles. The van der Waals surface area contributed by atoms with E-state index in [0.29, 0.717) is 0 Å². The Morgan fingerprint density at radius 2 is 0.962 bits per heavy atom. The zero-order valence-corrected chi connectivity index (χ0v) is 28.4. The highest BCUT2D eigenvalue weighted by Gasteiger charge is 2.30. The van der Waals surface area contributed by atoms with Gasteiger partial charge in [0.1, 0.15) is 6.10 Å². The molecule has 3 heteroatoms. The molecule has 0 aliphatic heterocycles. The van der Waals surface area contributed by atoms with Gasteiger partial charge in [0.05, 0.1) is 22.4 Å². The Hall–Kier alpha value is -6.68. The van der Waals surface area contributed by atoms with Gasteiger partial charge in [-0.3, -0.25) is 0 Å². The second kappa shape index (κ2) is 12.3. The highest BCUT2D eigenvalue weighted by molar-refractivity contribution is 6.10. The van der Waals surface area contributed by atoms with Crippen molar-refractivity contribution in [2.45, 2.75) is 6.10 Å². The van der Waals surface area contributed by atoms with Crippen molar-refractivity contribution in [3.05, 3.63) is 205 Å². The molecule has 0 bridgehead atoms.